The molecule has 226 valence electrons. The minimum absolute atomic E-state index is 0.0697. The Hall–Kier alpha value is -3.38. The lowest BCUT2D eigenvalue weighted by Crippen LogP contribution is -2.50. The number of aromatic hydroxyl groups is 1. The minimum atomic E-state index is -0.862. The molecule has 1 aromatic rings. The smallest absolute Gasteiger partial charge is 0.255 e. The molecule has 1 rings (SSSR count). The third kappa shape index (κ3) is 15.9. The fraction of sp³-hybridized carbons (Fsp3) is 0.486. The maximum atomic E-state index is 12.9. The van der Waals surface area contributed by atoms with Crippen molar-refractivity contribution in [3.63, 3.8) is 0 Å². The Morgan fingerprint density at radius 2 is 1.29 bits per heavy atom. The first kappa shape index (κ1) is 35.6. The summed E-state index contributed by atoms with van der Waals surface area (Å²) in [4.78, 5) is 25.1. The largest absolute Gasteiger partial charge is 0.507 e. The number of hydrogen-bond donors (Lipinski definition) is 3. The van der Waals surface area contributed by atoms with Gasteiger partial charge in [0.1, 0.15) is 11.4 Å². The molecule has 0 bridgehead atoms. The van der Waals surface area contributed by atoms with Gasteiger partial charge in [-0.2, -0.15) is 0 Å². The molecule has 6 nitrogen and oxygen atoms in total. The van der Waals surface area contributed by atoms with Crippen LogP contribution in [0.5, 0.6) is 5.75 Å². The molecule has 0 radical (unpaired) electrons. The van der Waals surface area contributed by atoms with Gasteiger partial charge in [0.15, 0.2) is 0 Å². The van der Waals surface area contributed by atoms with E-state index < -0.39 is 5.60 Å². The molecule has 0 fully saturated rings. The number of amides is 2. The summed E-state index contributed by atoms with van der Waals surface area (Å²) in [5.74, 6) is -0.602. The highest BCUT2D eigenvalue weighted by atomic mass is 16.5. The molecule has 0 atom stereocenters. The Balaban J connectivity index is 2.19. The Bertz CT molecular complexity index is 1000. The Labute approximate surface area is 248 Å². The van der Waals surface area contributed by atoms with Crippen LogP contribution in [-0.4, -0.2) is 42.2 Å². The van der Waals surface area contributed by atoms with Crippen molar-refractivity contribution in [3.8, 4) is 5.75 Å². The zero-order chi connectivity index (χ0) is 30.0. The molecule has 0 aliphatic carbocycles. The van der Waals surface area contributed by atoms with E-state index in [2.05, 4.69) is 78.3 Å². The van der Waals surface area contributed by atoms with Gasteiger partial charge in [-0.15, -0.1) is 0 Å². The van der Waals surface area contributed by atoms with Crippen LogP contribution in [0, 0.1) is 0 Å². The van der Waals surface area contributed by atoms with Gasteiger partial charge >= 0.3 is 0 Å². The molecule has 0 spiro atoms. The summed E-state index contributed by atoms with van der Waals surface area (Å²) in [5.41, 5.74) is -0.651. The third-order valence-corrected chi connectivity index (χ3v) is 6.70. The van der Waals surface area contributed by atoms with Gasteiger partial charge in [-0.3, -0.25) is 9.59 Å². The lowest BCUT2D eigenvalue weighted by atomic mass is 9.95. The molecule has 3 N–H and O–H groups in total. The van der Waals surface area contributed by atoms with Gasteiger partial charge in [-0.1, -0.05) is 93.7 Å². The van der Waals surface area contributed by atoms with Gasteiger partial charge in [0.25, 0.3) is 11.8 Å². The molecule has 0 saturated carbocycles. The van der Waals surface area contributed by atoms with Crippen LogP contribution in [0.25, 0.3) is 0 Å². The quantitative estimate of drug-likeness (QED) is 0.0993. The third-order valence-electron chi connectivity index (χ3n) is 6.70. The molecule has 0 aliphatic rings. The Morgan fingerprint density at radius 1 is 0.756 bits per heavy atom. The minimum Gasteiger partial charge on any atom is -0.507 e. The molecule has 0 heterocycles. The van der Waals surface area contributed by atoms with Crippen molar-refractivity contribution in [2.45, 2.75) is 90.6 Å². The second-order valence-electron chi connectivity index (χ2n) is 9.78. The molecular formula is C35H52N2O4. The lowest BCUT2D eigenvalue weighted by molar-refractivity contribution is -0.148. The predicted molar refractivity (Wildman–Crippen MR) is 171 cm³/mol. The first-order chi connectivity index (χ1) is 20.0. The van der Waals surface area contributed by atoms with Gasteiger partial charge in [-0.05, 0) is 76.3 Å². The van der Waals surface area contributed by atoms with E-state index in [-0.39, 0.29) is 36.2 Å². The molecular weight excluding hydrogens is 512 g/mol. The fourth-order valence-electron chi connectivity index (χ4n) is 4.12. The molecule has 0 aromatic heterocycles. The van der Waals surface area contributed by atoms with E-state index in [4.69, 9.17) is 4.74 Å². The molecule has 1 aromatic carbocycles. The number of hydrogen-bond acceptors (Lipinski definition) is 4. The van der Waals surface area contributed by atoms with E-state index in [0.29, 0.717) is 19.4 Å². The van der Waals surface area contributed by atoms with Crippen LogP contribution in [-0.2, 0) is 9.53 Å². The molecule has 6 heteroatoms. The van der Waals surface area contributed by atoms with Crippen molar-refractivity contribution in [1.82, 2.24) is 10.6 Å². The van der Waals surface area contributed by atoms with Crippen molar-refractivity contribution < 1.29 is 19.4 Å². The van der Waals surface area contributed by atoms with Crippen LogP contribution in [0.2, 0.25) is 0 Å². The van der Waals surface area contributed by atoms with Crippen molar-refractivity contribution in [3.05, 3.63) is 90.6 Å². The second kappa shape index (κ2) is 23.3. The zero-order valence-corrected chi connectivity index (χ0v) is 25.4. The first-order valence-electron chi connectivity index (χ1n) is 15.2. The average molecular weight is 565 g/mol. The maximum Gasteiger partial charge on any atom is 0.255 e. The Morgan fingerprint density at radius 3 is 1.85 bits per heavy atom. The number of carbonyl (C=O) groups is 2. The van der Waals surface area contributed by atoms with Crippen LogP contribution >= 0.6 is 0 Å². The van der Waals surface area contributed by atoms with E-state index in [1.165, 1.54) is 6.07 Å². The van der Waals surface area contributed by atoms with Crippen molar-refractivity contribution in [2.24, 2.45) is 0 Å². The maximum absolute atomic E-state index is 12.9. The highest BCUT2D eigenvalue weighted by Crippen LogP contribution is 2.22. The number of carbonyl (C=O) groups excluding carboxylic acids is 2. The number of allylic oxidation sites excluding steroid dienone is 10. The van der Waals surface area contributed by atoms with Crippen LogP contribution in [0.15, 0.2) is 85.0 Å². The number of benzene rings is 1. The first-order valence-corrected chi connectivity index (χ1v) is 15.2. The number of ether oxygens (including phenoxy) is 1. The zero-order valence-electron chi connectivity index (χ0n) is 25.4. The number of para-hydroxylation sites is 1. The topological polar surface area (TPSA) is 87.7 Å². The van der Waals surface area contributed by atoms with Gasteiger partial charge in [0.05, 0.1) is 5.56 Å². The summed E-state index contributed by atoms with van der Waals surface area (Å²) in [5, 5.41) is 15.4. The molecule has 2 amide bonds. The van der Waals surface area contributed by atoms with E-state index in [1.54, 1.807) is 18.2 Å². The van der Waals surface area contributed by atoms with Gasteiger partial charge in [0, 0.05) is 19.7 Å². The van der Waals surface area contributed by atoms with E-state index >= 15 is 0 Å². The van der Waals surface area contributed by atoms with Gasteiger partial charge in [0.2, 0.25) is 0 Å². The number of rotatable bonds is 22. The SMILES string of the molecule is CCC=CCC=CCC=CCC=CCC=CCCCCOC(CC)(CC)C(=O)NCCNC(=O)c1ccccc1O. The molecule has 0 saturated heterocycles. The standard InChI is InChI=1S/C35H52N2O4/c1-4-7-8-9-10-11-12-13-14-15-16-17-18-19-20-21-22-25-30-41-35(5-2,6-3)34(40)37-29-28-36-33(39)31-26-23-24-27-32(31)38/h7-8,10-11,13-14,16-17,19-20,23-24,26-27,38H,4-6,9,12,15,18,21-22,25,28-30H2,1-3H3,(H,36,39)(H,37,40). The fourth-order valence-corrected chi connectivity index (χ4v) is 4.12. The number of nitrogens with one attached hydrogen (secondary N) is 2. The van der Waals surface area contributed by atoms with Crippen LogP contribution in [0.1, 0.15) is 95.3 Å². The number of phenols is 1. The van der Waals surface area contributed by atoms with Gasteiger partial charge in [-0.25, -0.2) is 0 Å². The summed E-state index contributed by atoms with van der Waals surface area (Å²) in [6, 6.07) is 6.37. The van der Waals surface area contributed by atoms with Crippen LogP contribution < -0.4 is 10.6 Å². The van der Waals surface area contributed by atoms with Gasteiger partial charge < -0.3 is 20.5 Å². The summed E-state index contributed by atoms with van der Waals surface area (Å²) < 4.78 is 6.10. The summed E-state index contributed by atoms with van der Waals surface area (Å²) in [6.45, 7) is 7.14. The number of unbranched alkanes of at least 4 members (excludes halogenated alkanes) is 2. The normalized spacial score (nSPS) is 12.5. The monoisotopic (exact) mass is 564 g/mol. The van der Waals surface area contributed by atoms with E-state index in [1.807, 2.05) is 13.8 Å². The number of phenolic OH excluding ortho intramolecular Hbond substituents is 1. The van der Waals surface area contributed by atoms with Crippen molar-refractivity contribution in [2.75, 3.05) is 19.7 Å². The molecule has 41 heavy (non-hydrogen) atoms. The van der Waals surface area contributed by atoms with E-state index in [0.717, 1.165) is 51.4 Å². The highest BCUT2D eigenvalue weighted by molar-refractivity contribution is 5.96. The van der Waals surface area contributed by atoms with Crippen LogP contribution in [0.4, 0.5) is 0 Å². The summed E-state index contributed by atoms with van der Waals surface area (Å²) in [7, 11) is 0. The summed E-state index contributed by atoms with van der Waals surface area (Å²) in [6.07, 6.45) is 31.1. The molecule has 0 aliphatic heterocycles. The van der Waals surface area contributed by atoms with E-state index in [9.17, 15) is 14.7 Å². The summed E-state index contributed by atoms with van der Waals surface area (Å²) >= 11 is 0. The Kier molecular flexibility index (Phi) is 20.3. The molecule has 0 unspecified atom stereocenters. The predicted octanol–water partition coefficient (Wildman–Crippen LogP) is 7.74. The highest BCUT2D eigenvalue weighted by Gasteiger charge is 2.35. The van der Waals surface area contributed by atoms with Crippen molar-refractivity contribution >= 4 is 11.8 Å². The second-order valence-corrected chi connectivity index (χ2v) is 9.78. The van der Waals surface area contributed by atoms with Crippen molar-refractivity contribution in [1.29, 1.82) is 0 Å². The lowest BCUT2D eigenvalue weighted by Gasteiger charge is -2.30. The average Bonchev–Trinajstić information content (AvgIpc) is 2.98. The van der Waals surface area contributed by atoms with Crippen LogP contribution in [0.3, 0.4) is 0 Å².